The number of hydrogen-bond donors (Lipinski definition) is 1. The molecule has 1 rings (SSSR count). The molecule has 7 heteroatoms. The van der Waals surface area contributed by atoms with Gasteiger partial charge in [0.2, 0.25) is 0 Å². The van der Waals surface area contributed by atoms with E-state index in [0.29, 0.717) is 0 Å². The van der Waals surface area contributed by atoms with Crippen LogP contribution >= 0.6 is 8.53 Å². The van der Waals surface area contributed by atoms with Gasteiger partial charge in [0.1, 0.15) is 12.2 Å². The monoisotopic (exact) mass is 333 g/mol. The minimum Gasteiger partial charge on any atom is -0.388 e. The topological polar surface area (TPSA) is 75.0 Å². The van der Waals surface area contributed by atoms with Crippen LogP contribution in [0.25, 0.3) is 0 Å². The molecule has 1 aliphatic rings. The minimum atomic E-state index is -1.44. The molecule has 22 heavy (non-hydrogen) atoms. The van der Waals surface area contributed by atoms with Crippen LogP contribution in [0.5, 0.6) is 0 Å². The fourth-order valence-electron chi connectivity index (χ4n) is 2.45. The van der Waals surface area contributed by atoms with Crippen molar-refractivity contribution in [2.24, 2.45) is 0 Å². The molecule has 2 unspecified atom stereocenters. The smallest absolute Gasteiger partial charge is 0.259 e. The number of nitriles is 1. The SMILES string of the molecule is [2H]C[C@H]1O[C@@H](C)[C@@H](O)C1OP(OCCC#N)N(C(C)C)C(C)C. The van der Waals surface area contributed by atoms with Gasteiger partial charge in [0.25, 0.3) is 8.53 Å². The Morgan fingerprint density at radius 1 is 1.36 bits per heavy atom. The van der Waals surface area contributed by atoms with Crippen molar-refractivity contribution >= 4 is 8.53 Å². The highest BCUT2D eigenvalue weighted by molar-refractivity contribution is 7.44. The van der Waals surface area contributed by atoms with Gasteiger partial charge < -0.3 is 18.9 Å². The van der Waals surface area contributed by atoms with Crippen LogP contribution in [0.1, 0.15) is 49.3 Å². The Hall–Kier alpha value is -0.280. The highest BCUT2D eigenvalue weighted by Gasteiger charge is 2.43. The molecule has 6 nitrogen and oxygen atoms in total. The van der Waals surface area contributed by atoms with Crippen LogP contribution in [0, 0.1) is 11.3 Å². The first-order chi connectivity index (χ1) is 10.8. The molecule has 1 saturated heterocycles. The van der Waals surface area contributed by atoms with Gasteiger partial charge in [0.05, 0.1) is 31.3 Å². The van der Waals surface area contributed by atoms with Crippen molar-refractivity contribution in [3.05, 3.63) is 0 Å². The maximum Gasteiger partial charge on any atom is 0.259 e. The molecule has 0 aromatic rings. The number of aliphatic hydroxyl groups excluding tert-OH is 1. The summed E-state index contributed by atoms with van der Waals surface area (Å²) in [6.07, 6.45) is -1.91. The van der Waals surface area contributed by atoms with Gasteiger partial charge in [0.15, 0.2) is 0 Å². The average Bonchev–Trinajstić information content (AvgIpc) is 2.74. The van der Waals surface area contributed by atoms with Crippen molar-refractivity contribution in [2.75, 3.05) is 6.61 Å². The Morgan fingerprint density at radius 3 is 2.50 bits per heavy atom. The molecule has 0 bridgehead atoms. The lowest BCUT2D eigenvalue weighted by atomic mass is 10.1. The second-order valence-electron chi connectivity index (χ2n) is 5.99. The molecule has 128 valence electrons. The van der Waals surface area contributed by atoms with Gasteiger partial charge in [-0.1, -0.05) is 0 Å². The molecule has 0 spiro atoms. The summed E-state index contributed by atoms with van der Waals surface area (Å²) in [7, 11) is -1.44. The molecule has 0 amide bonds. The second kappa shape index (κ2) is 9.12. The summed E-state index contributed by atoms with van der Waals surface area (Å²) in [5, 5.41) is 19.0. The lowest BCUT2D eigenvalue weighted by Gasteiger charge is -2.37. The Morgan fingerprint density at radius 2 is 2.00 bits per heavy atom. The molecular formula is C15H29N2O4P. The van der Waals surface area contributed by atoms with E-state index in [1.165, 1.54) is 0 Å². The number of aliphatic hydroxyl groups is 1. The Labute approximate surface area is 136 Å². The summed E-state index contributed by atoms with van der Waals surface area (Å²) < 4.78 is 27.2. The van der Waals surface area contributed by atoms with Crippen molar-refractivity contribution in [1.82, 2.24) is 4.67 Å². The standard InChI is InChI=1S/C15H29N2O4P/c1-10(2)17(11(3)4)22(19-9-7-8-16)21-15-13(6)20-12(5)14(15)18/h10-15,18H,7,9H2,1-6H3/t12-,13+,14+,15?,22?/m0/s1/i6D. The van der Waals surface area contributed by atoms with Gasteiger partial charge in [-0.15, -0.1) is 0 Å². The van der Waals surface area contributed by atoms with Crippen LogP contribution in [0.4, 0.5) is 0 Å². The van der Waals surface area contributed by atoms with Crippen molar-refractivity contribution < 1.29 is 20.3 Å². The van der Waals surface area contributed by atoms with E-state index in [9.17, 15) is 5.11 Å². The number of hydrogen-bond acceptors (Lipinski definition) is 6. The summed E-state index contributed by atoms with van der Waals surface area (Å²) in [5.41, 5.74) is 0. The zero-order valence-corrected chi connectivity index (χ0v) is 15.0. The van der Waals surface area contributed by atoms with Crippen LogP contribution in [0.15, 0.2) is 0 Å². The van der Waals surface area contributed by atoms with Gasteiger partial charge in [-0.2, -0.15) is 5.26 Å². The van der Waals surface area contributed by atoms with E-state index in [0.717, 1.165) is 0 Å². The van der Waals surface area contributed by atoms with Gasteiger partial charge in [-0.3, -0.25) is 0 Å². The molecule has 0 aromatic heterocycles. The highest BCUT2D eigenvalue weighted by Crippen LogP contribution is 2.49. The first-order valence-electron chi connectivity index (χ1n) is 8.41. The summed E-state index contributed by atoms with van der Waals surface area (Å²) in [5.74, 6) is 0. The molecule has 5 atom stereocenters. The molecular weight excluding hydrogens is 303 g/mol. The molecule has 0 radical (unpaired) electrons. The Kier molecular flexibility index (Phi) is 7.49. The third kappa shape index (κ3) is 5.13. The predicted octanol–water partition coefficient (Wildman–Crippen LogP) is 2.82. The first-order valence-corrected chi connectivity index (χ1v) is 8.84. The van der Waals surface area contributed by atoms with E-state index in [1.54, 1.807) is 6.92 Å². The molecule has 1 N–H and O–H groups in total. The van der Waals surface area contributed by atoms with E-state index >= 15 is 0 Å². The normalized spacial score (nSPS) is 30.8. The third-order valence-corrected chi connectivity index (χ3v) is 5.58. The Balaban J connectivity index is 2.88. The maximum absolute atomic E-state index is 10.3. The summed E-state index contributed by atoms with van der Waals surface area (Å²) >= 11 is 0. The number of nitrogens with zero attached hydrogens (tertiary/aromatic N) is 2. The van der Waals surface area contributed by atoms with Gasteiger partial charge in [0, 0.05) is 13.5 Å². The molecule has 0 aliphatic carbocycles. The predicted molar refractivity (Wildman–Crippen MR) is 86.1 cm³/mol. The van der Waals surface area contributed by atoms with Gasteiger partial charge in [-0.25, -0.2) is 4.67 Å². The number of ether oxygens (including phenoxy) is 1. The van der Waals surface area contributed by atoms with Crippen molar-refractivity contribution in [1.29, 1.82) is 5.26 Å². The van der Waals surface area contributed by atoms with Crippen LogP contribution in [0.3, 0.4) is 0 Å². The fraction of sp³-hybridized carbons (Fsp3) is 0.933. The van der Waals surface area contributed by atoms with Crippen molar-refractivity contribution in [3.63, 3.8) is 0 Å². The summed E-state index contributed by atoms with van der Waals surface area (Å²) in [6.45, 7) is 10.3. The average molecular weight is 333 g/mol. The van der Waals surface area contributed by atoms with E-state index in [-0.39, 0.29) is 38.1 Å². The summed E-state index contributed by atoms with van der Waals surface area (Å²) in [6, 6.07) is 2.44. The number of rotatable bonds is 8. The van der Waals surface area contributed by atoms with E-state index in [4.69, 9.17) is 20.4 Å². The first kappa shape index (κ1) is 18.1. The largest absolute Gasteiger partial charge is 0.388 e. The van der Waals surface area contributed by atoms with E-state index < -0.39 is 26.8 Å². The molecule has 1 aliphatic heterocycles. The van der Waals surface area contributed by atoms with Crippen molar-refractivity contribution in [2.45, 2.75) is 84.4 Å². The molecule has 0 saturated carbocycles. The highest BCUT2D eigenvalue weighted by atomic mass is 31.2. The van der Waals surface area contributed by atoms with Crippen LogP contribution in [-0.4, -0.2) is 52.9 Å². The quantitative estimate of drug-likeness (QED) is 0.544. The zero-order chi connectivity index (χ0) is 17.6. The van der Waals surface area contributed by atoms with E-state index in [2.05, 4.69) is 38.4 Å². The van der Waals surface area contributed by atoms with Gasteiger partial charge in [-0.05, 0) is 41.5 Å². The molecule has 1 fully saturated rings. The lowest BCUT2D eigenvalue weighted by Crippen LogP contribution is -2.38. The van der Waals surface area contributed by atoms with Crippen LogP contribution in [0.2, 0.25) is 0 Å². The van der Waals surface area contributed by atoms with Crippen LogP contribution in [-0.2, 0) is 13.8 Å². The second-order valence-corrected chi connectivity index (χ2v) is 7.39. The Bertz CT molecular complexity index is 386. The fourth-order valence-corrected chi connectivity index (χ4v) is 4.22. The maximum atomic E-state index is 10.3. The summed E-state index contributed by atoms with van der Waals surface area (Å²) in [4.78, 5) is 0. The van der Waals surface area contributed by atoms with E-state index in [1.807, 2.05) is 0 Å². The molecule has 0 aromatic carbocycles. The lowest BCUT2D eigenvalue weighted by molar-refractivity contribution is 0.0283. The minimum absolute atomic E-state index is 0.0246. The van der Waals surface area contributed by atoms with Crippen molar-refractivity contribution in [3.8, 4) is 6.07 Å². The van der Waals surface area contributed by atoms with Gasteiger partial charge >= 0.3 is 0 Å². The molecule has 1 heterocycles. The van der Waals surface area contributed by atoms with Crippen LogP contribution < -0.4 is 0 Å². The third-order valence-electron chi connectivity index (χ3n) is 3.45. The zero-order valence-electron chi connectivity index (χ0n) is 15.1.